The number of nitrogens with zero attached hydrogens (tertiary/aromatic N) is 4. The summed E-state index contributed by atoms with van der Waals surface area (Å²) in [6, 6.07) is 0. The molecule has 0 aliphatic heterocycles. The number of aromatic amines is 1. The van der Waals surface area contributed by atoms with Gasteiger partial charge in [-0.1, -0.05) is 13.8 Å². The molecule has 8 N–H and O–H groups in total. The van der Waals surface area contributed by atoms with Gasteiger partial charge in [0.15, 0.2) is 0 Å². The van der Waals surface area contributed by atoms with Gasteiger partial charge in [0.2, 0.25) is 5.82 Å². The van der Waals surface area contributed by atoms with Gasteiger partial charge in [0.05, 0.1) is 0 Å². The largest absolute Gasteiger partial charge is 0.322 e. The maximum Gasteiger partial charge on any atom is 0.277 e. The molecule has 0 unspecified atom stereocenters. The maximum atomic E-state index is 12.9. The normalized spacial score (nSPS) is 10.6. The van der Waals surface area contributed by atoms with E-state index in [-0.39, 0.29) is 5.82 Å². The quantitative estimate of drug-likeness (QED) is 0.201. The second-order valence-electron chi connectivity index (χ2n) is 2.96. The van der Waals surface area contributed by atoms with Gasteiger partial charge in [-0.2, -0.15) is 14.7 Å². The smallest absolute Gasteiger partial charge is 0.277 e. The summed E-state index contributed by atoms with van der Waals surface area (Å²) >= 11 is 0. The molecule has 0 radical (unpaired) electrons. The molecule has 0 aliphatic carbocycles. The van der Waals surface area contributed by atoms with Crippen molar-refractivity contribution in [3.05, 3.63) is 5.95 Å². The Morgan fingerprint density at radius 1 is 1.50 bits per heavy atom. The highest BCUT2D eigenvalue weighted by Crippen LogP contribution is 2.09. The summed E-state index contributed by atoms with van der Waals surface area (Å²) in [5, 5.41) is 13.4. The Kier molecular flexibility index (Phi) is 8.14. The van der Waals surface area contributed by atoms with Crippen molar-refractivity contribution in [1.82, 2.24) is 20.8 Å². The third-order valence-electron chi connectivity index (χ3n) is 1.90. The van der Waals surface area contributed by atoms with E-state index in [1.165, 1.54) is 0 Å². The number of H-pyrrole nitrogens is 1. The summed E-state index contributed by atoms with van der Waals surface area (Å²) in [4.78, 5) is 0. The number of amidine groups is 1. The minimum absolute atomic E-state index is 0.0352. The first-order valence-corrected chi connectivity index (χ1v) is 5.51. The van der Waals surface area contributed by atoms with Gasteiger partial charge >= 0.3 is 0 Å². The highest BCUT2D eigenvalue weighted by Gasteiger charge is 2.12. The Hall–Kier alpha value is -1.94. The Morgan fingerprint density at radius 2 is 2.17 bits per heavy atom. The zero-order chi connectivity index (χ0) is 14.0. The van der Waals surface area contributed by atoms with E-state index in [1.54, 1.807) is 0 Å². The van der Waals surface area contributed by atoms with E-state index in [2.05, 4.69) is 25.9 Å². The lowest BCUT2D eigenvalue weighted by Crippen LogP contribution is -2.35. The van der Waals surface area contributed by atoms with E-state index < -0.39 is 5.95 Å². The van der Waals surface area contributed by atoms with E-state index >= 15 is 0 Å². The van der Waals surface area contributed by atoms with Gasteiger partial charge in [-0.15, -0.1) is 10.2 Å². The van der Waals surface area contributed by atoms with Crippen molar-refractivity contribution in [2.75, 3.05) is 11.6 Å². The van der Waals surface area contributed by atoms with Crippen LogP contribution in [0, 0.1) is 5.95 Å². The van der Waals surface area contributed by atoms with Gasteiger partial charge in [0, 0.05) is 13.0 Å². The molecule has 104 valence electrons. The SMILES string of the molecule is CC.N/N=C(/CCCN(N)c1n[nH]nc1F)NN. The van der Waals surface area contributed by atoms with E-state index in [4.69, 9.17) is 17.5 Å². The second-order valence-corrected chi connectivity index (χ2v) is 2.96. The number of aromatic nitrogens is 3. The summed E-state index contributed by atoms with van der Waals surface area (Å²) in [5.74, 6) is 15.4. The van der Waals surface area contributed by atoms with Crippen LogP contribution >= 0.6 is 0 Å². The first-order valence-electron chi connectivity index (χ1n) is 5.51. The van der Waals surface area contributed by atoms with Gasteiger partial charge in [0.1, 0.15) is 5.84 Å². The number of nitrogens with one attached hydrogen (secondary N) is 2. The average molecular weight is 261 g/mol. The predicted octanol–water partition coefficient (Wildman–Crippen LogP) is -0.834. The zero-order valence-corrected chi connectivity index (χ0v) is 10.5. The van der Waals surface area contributed by atoms with Gasteiger partial charge in [0.25, 0.3) is 5.95 Å². The topological polar surface area (TPSA) is 147 Å². The van der Waals surface area contributed by atoms with E-state index in [0.29, 0.717) is 25.2 Å². The van der Waals surface area contributed by atoms with Crippen molar-refractivity contribution in [1.29, 1.82) is 0 Å². The molecule has 0 aliphatic rings. The Labute approximate surface area is 105 Å². The van der Waals surface area contributed by atoms with E-state index in [0.717, 1.165) is 5.01 Å². The van der Waals surface area contributed by atoms with Crippen LogP contribution in [0.15, 0.2) is 5.10 Å². The molecule has 0 amide bonds. The fourth-order valence-corrected chi connectivity index (χ4v) is 1.09. The predicted molar refractivity (Wildman–Crippen MR) is 67.4 cm³/mol. The van der Waals surface area contributed by atoms with Crippen molar-refractivity contribution in [2.45, 2.75) is 26.7 Å². The van der Waals surface area contributed by atoms with E-state index in [9.17, 15) is 4.39 Å². The van der Waals surface area contributed by atoms with Gasteiger partial charge < -0.3 is 11.3 Å². The number of anilines is 1. The number of hydrogen-bond acceptors (Lipinski definition) is 7. The minimum atomic E-state index is -0.743. The second kappa shape index (κ2) is 9.13. The first kappa shape index (κ1) is 16.1. The molecular weight excluding hydrogens is 241 g/mol. The molecule has 0 bridgehead atoms. The van der Waals surface area contributed by atoms with Crippen molar-refractivity contribution in [3.63, 3.8) is 0 Å². The zero-order valence-electron chi connectivity index (χ0n) is 10.5. The number of nitrogens with two attached hydrogens (primary N) is 3. The Bertz CT molecular complexity index is 350. The molecule has 0 aromatic carbocycles. The van der Waals surface area contributed by atoms with Gasteiger partial charge in [-0.3, -0.25) is 5.01 Å². The van der Waals surface area contributed by atoms with Crippen LogP contribution in [-0.2, 0) is 0 Å². The van der Waals surface area contributed by atoms with Crippen LogP contribution in [-0.4, -0.2) is 27.8 Å². The summed E-state index contributed by atoms with van der Waals surface area (Å²) in [5.41, 5.74) is 2.33. The molecular formula is C8H20FN9. The fourth-order valence-electron chi connectivity index (χ4n) is 1.09. The molecule has 18 heavy (non-hydrogen) atoms. The number of hydrogen-bond donors (Lipinski definition) is 5. The van der Waals surface area contributed by atoms with Crippen LogP contribution in [0.25, 0.3) is 0 Å². The van der Waals surface area contributed by atoms with Crippen LogP contribution in [0.1, 0.15) is 26.7 Å². The molecule has 0 fully saturated rings. The summed E-state index contributed by atoms with van der Waals surface area (Å²) < 4.78 is 12.9. The molecule has 1 aromatic heterocycles. The van der Waals surface area contributed by atoms with Crippen molar-refractivity contribution >= 4 is 11.7 Å². The molecule has 1 rings (SSSR count). The molecule has 0 saturated heterocycles. The highest BCUT2D eigenvalue weighted by atomic mass is 19.1. The van der Waals surface area contributed by atoms with Crippen molar-refractivity contribution in [3.8, 4) is 0 Å². The standard InChI is InChI=1S/C6H14FN9.C2H6/c7-5-6(14-15-13-5)16(10)3-1-2-4(11-8)12-9;1-2/h1-3,8-10H2,(H,11,12)(H,13,14,15);1-2H3. The van der Waals surface area contributed by atoms with Crippen LogP contribution in [0.2, 0.25) is 0 Å². The third-order valence-corrected chi connectivity index (χ3v) is 1.90. The average Bonchev–Trinajstić information content (AvgIpc) is 2.83. The lowest BCUT2D eigenvalue weighted by Gasteiger charge is -2.14. The maximum absolute atomic E-state index is 12.9. The summed E-state index contributed by atoms with van der Waals surface area (Å²) in [6.07, 6.45) is 1.09. The molecule has 0 spiro atoms. The van der Waals surface area contributed by atoms with Crippen LogP contribution in [0.4, 0.5) is 10.2 Å². The molecule has 0 atom stereocenters. The Balaban J connectivity index is 0.00000137. The van der Waals surface area contributed by atoms with Crippen molar-refractivity contribution in [2.24, 2.45) is 22.6 Å². The first-order chi connectivity index (χ1) is 8.69. The minimum Gasteiger partial charge on any atom is -0.322 e. The number of hydrazone groups is 1. The van der Waals surface area contributed by atoms with Crippen LogP contribution in [0.3, 0.4) is 0 Å². The van der Waals surface area contributed by atoms with Gasteiger partial charge in [-0.25, -0.2) is 11.7 Å². The third kappa shape index (κ3) is 4.93. The number of hydrazine groups is 2. The molecule has 1 aromatic rings. The molecule has 0 saturated carbocycles. The van der Waals surface area contributed by atoms with E-state index in [1.807, 2.05) is 13.8 Å². The summed E-state index contributed by atoms with van der Waals surface area (Å²) in [7, 11) is 0. The highest BCUT2D eigenvalue weighted by molar-refractivity contribution is 5.81. The lowest BCUT2D eigenvalue weighted by atomic mass is 10.3. The molecule has 10 heteroatoms. The number of halogens is 1. The lowest BCUT2D eigenvalue weighted by molar-refractivity contribution is 0.573. The monoisotopic (exact) mass is 261 g/mol. The summed E-state index contributed by atoms with van der Waals surface area (Å²) in [6.45, 7) is 4.37. The van der Waals surface area contributed by atoms with Crippen LogP contribution in [0.5, 0.6) is 0 Å². The van der Waals surface area contributed by atoms with Gasteiger partial charge in [-0.05, 0) is 6.42 Å². The Morgan fingerprint density at radius 3 is 2.61 bits per heavy atom. The molecule has 9 nitrogen and oxygen atoms in total. The van der Waals surface area contributed by atoms with Crippen molar-refractivity contribution < 1.29 is 4.39 Å². The number of rotatable bonds is 5. The molecule has 1 heterocycles. The van der Waals surface area contributed by atoms with Crippen LogP contribution < -0.4 is 28.0 Å². The fraction of sp³-hybridized carbons (Fsp3) is 0.625.